The van der Waals surface area contributed by atoms with Crippen LogP contribution in [0.25, 0.3) is 11.0 Å². The Morgan fingerprint density at radius 3 is 2.72 bits per heavy atom. The van der Waals surface area contributed by atoms with Gasteiger partial charge in [-0.15, -0.1) is 0 Å². The molecule has 0 aromatic carbocycles. The third-order valence-corrected chi connectivity index (χ3v) is 6.25. The number of anilines is 1. The Labute approximate surface area is 169 Å². The van der Waals surface area contributed by atoms with Gasteiger partial charge in [-0.3, -0.25) is 4.79 Å². The molecule has 0 spiro atoms. The standard InChI is InChI=1S/C17H27N7O4S/c1-28-10-6-18-15-14-11-22-24(16(14)21-12-20-15)9-5-19-17(25)13-3-7-23(8-4-13)29(2,26)27/h11-13H,3-10H2,1-2H3,(H,19,25)(H,18,20,21). The van der Waals surface area contributed by atoms with Crippen molar-refractivity contribution in [2.45, 2.75) is 19.4 Å². The molecule has 3 heterocycles. The number of carbonyl (C=O) groups is 1. The van der Waals surface area contributed by atoms with E-state index in [-0.39, 0.29) is 11.8 Å². The summed E-state index contributed by atoms with van der Waals surface area (Å²) in [4.78, 5) is 20.9. The fourth-order valence-electron chi connectivity index (χ4n) is 3.35. The topological polar surface area (TPSA) is 131 Å². The van der Waals surface area contributed by atoms with Gasteiger partial charge in [0.15, 0.2) is 5.65 Å². The lowest BCUT2D eigenvalue weighted by molar-refractivity contribution is -0.126. The van der Waals surface area contributed by atoms with Gasteiger partial charge in [-0.1, -0.05) is 0 Å². The highest BCUT2D eigenvalue weighted by atomic mass is 32.2. The molecule has 1 aliphatic heterocycles. The molecule has 0 unspecified atom stereocenters. The zero-order valence-electron chi connectivity index (χ0n) is 16.7. The molecule has 2 aromatic rings. The molecule has 1 saturated heterocycles. The maximum absolute atomic E-state index is 12.4. The van der Waals surface area contributed by atoms with E-state index in [0.717, 1.165) is 5.39 Å². The van der Waals surface area contributed by atoms with Crippen LogP contribution in [0, 0.1) is 5.92 Å². The van der Waals surface area contributed by atoms with Crippen LogP contribution in [-0.4, -0.2) is 84.5 Å². The fraction of sp³-hybridized carbons (Fsp3) is 0.647. The van der Waals surface area contributed by atoms with Crippen molar-refractivity contribution < 1.29 is 17.9 Å². The highest BCUT2D eigenvalue weighted by Gasteiger charge is 2.28. The fourth-order valence-corrected chi connectivity index (χ4v) is 4.22. The smallest absolute Gasteiger partial charge is 0.223 e. The van der Waals surface area contributed by atoms with E-state index in [1.54, 1.807) is 18.0 Å². The van der Waals surface area contributed by atoms with Crippen molar-refractivity contribution in [3.8, 4) is 0 Å². The summed E-state index contributed by atoms with van der Waals surface area (Å²) in [5.74, 6) is 0.479. The molecule has 2 N–H and O–H groups in total. The van der Waals surface area contributed by atoms with Gasteiger partial charge in [0.25, 0.3) is 0 Å². The number of aromatic nitrogens is 4. The summed E-state index contributed by atoms with van der Waals surface area (Å²) in [5, 5.41) is 11.3. The number of rotatable bonds is 9. The molecule has 1 amide bonds. The quantitative estimate of drug-likeness (QED) is 0.522. The molecule has 0 bridgehead atoms. The van der Waals surface area contributed by atoms with Crippen LogP contribution in [0.15, 0.2) is 12.5 Å². The van der Waals surface area contributed by atoms with Gasteiger partial charge in [-0.25, -0.2) is 27.4 Å². The summed E-state index contributed by atoms with van der Waals surface area (Å²) < 4.78 is 31.3. The number of nitrogens with zero attached hydrogens (tertiary/aromatic N) is 5. The van der Waals surface area contributed by atoms with Crippen LogP contribution in [0.5, 0.6) is 0 Å². The van der Waals surface area contributed by atoms with Crippen LogP contribution < -0.4 is 10.6 Å². The van der Waals surface area contributed by atoms with Gasteiger partial charge in [0.1, 0.15) is 12.1 Å². The predicted molar refractivity (Wildman–Crippen MR) is 108 cm³/mol. The molecular formula is C17H27N7O4S. The number of nitrogens with one attached hydrogen (secondary N) is 2. The van der Waals surface area contributed by atoms with Crippen molar-refractivity contribution in [2.75, 3.05) is 51.5 Å². The first-order valence-electron chi connectivity index (χ1n) is 9.52. The zero-order chi connectivity index (χ0) is 20.9. The highest BCUT2D eigenvalue weighted by molar-refractivity contribution is 7.88. The lowest BCUT2D eigenvalue weighted by atomic mass is 9.97. The lowest BCUT2D eigenvalue weighted by Crippen LogP contribution is -2.43. The molecule has 0 atom stereocenters. The lowest BCUT2D eigenvalue weighted by Gasteiger charge is -2.29. The largest absolute Gasteiger partial charge is 0.383 e. The van der Waals surface area contributed by atoms with E-state index in [9.17, 15) is 13.2 Å². The summed E-state index contributed by atoms with van der Waals surface area (Å²) in [6.45, 7) is 2.86. The summed E-state index contributed by atoms with van der Waals surface area (Å²) in [5.41, 5.74) is 0.690. The van der Waals surface area contributed by atoms with E-state index in [0.29, 0.717) is 63.6 Å². The van der Waals surface area contributed by atoms with Gasteiger partial charge in [0.05, 0.1) is 31.0 Å². The Hall–Kier alpha value is -2.31. The Kier molecular flexibility index (Phi) is 6.98. The first kappa shape index (κ1) is 21.4. The van der Waals surface area contributed by atoms with E-state index >= 15 is 0 Å². The first-order chi connectivity index (χ1) is 13.9. The maximum Gasteiger partial charge on any atom is 0.223 e. The first-order valence-corrected chi connectivity index (χ1v) is 11.4. The van der Waals surface area contributed by atoms with E-state index in [1.165, 1.54) is 16.9 Å². The number of hydrogen-bond donors (Lipinski definition) is 2. The summed E-state index contributed by atoms with van der Waals surface area (Å²) in [6.07, 6.45) is 5.45. The maximum atomic E-state index is 12.4. The van der Waals surface area contributed by atoms with Gasteiger partial charge in [0.2, 0.25) is 15.9 Å². The highest BCUT2D eigenvalue weighted by Crippen LogP contribution is 2.20. The molecular weight excluding hydrogens is 398 g/mol. The number of ether oxygens (including phenoxy) is 1. The molecule has 0 saturated carbocycles. The second kappa shape index (κ2) is 9.46. The van der Waals surface area contributed by atoms with Gasteiger partial charge >= 0.3 is 0 Å². The summed E-state index contributed by atoms with van der Waals surface area (Å²) >= 11 is 0. The normalized spacial score (nSPS) is 16.2. The number of carbonyl (C=O) groups excluding carboxylic acids is 1. The second-order valence-corrected chi connectivity index (χ2v) is 8.96. The van der Waals surface area contributed by atoms with Crippen LogP contribution in [0.2, 0.25) is 0 Å². The Balaban J connectivity index is 1.51. The van der Waals surface area contributed by atoms with E-state index in [2.05, 4.69) is 25.7 Å². The minimum atomic E-state index is -3.19. The third kappa shape index (κ3) is 5.40. The molecule has 0 aliphatic carbocycles. The Bertz CT molecular complexity index is 938. The number of fused-ring (bicyclic) bond motifs is 1. The van der Waals surface area contributed by atoms with Gasteiger partial charge < -0.3 is 15.4 Å². The van der Waals surface area contributed by atoms with Crippen LogP contribution in [0.4, 0.5) is 5.82 Å². The molecule has 3 rings (SSSR count). The second-order valence-electron chi connectivity index (χ2n) is 6.97. The van der Waals surface area contributed by atoms with Crippen molar-refractivity contribution in [2.24, 2.45) is 5.92 Å². The Morgan fingerprint density at radius 1 is 1.28 bits per heavy atom. The van der Waals surface area contributed by atoms with Crippen molar-refractivity contribution >= 4 is 32.8 Å². The molecule has 29 heavy (non-hydrogen) atoms. The average molecular weight is 426 g/mol. The molecule has 0 radical (unpaired) electrons. The summed E-state index contributed by atoms with van der Waals surface area (Å²) in [7, 11) is -1.55. The van der Waals surface area contributed by atoms with Crippen LogP contribution in [0.1, 0.15) is 12.8 Å². The third-order valence-electron chi connectivity index (χ3n) is 4.95. The average Bonchev–Trinajstić information content (AvgIpc) is 3.11. The number of methoxy groups -OCH3 is 1. The SMILES string of the molecule is COCCNc1ncnc2c1cnn2CCNC(=O)C1CCN(S(C)(=O)=O)CC1. The van der Waals surface area contributed by atoms with Crippen LogP contribution >= 0.6 is 0 Å². The van der Waals surface area contributed by atoms with Crippen LogP contribution in [-0.2, 0) is 26.1 Å². The molecule has 12 heteroatoms. The molecule has 2 aromatic heterocycles. The predicted octanol–water partition coefficient (Wildman–Crippen LogP) is -0.328. The molecule has 11 nitrogen and oxygen atoms in total. The van der Waals surface area contributed by atoms with Crippen molar-refractivity contribution in [3.63, 3.8) is 0 Å². The van der Waals surface area contributed by atoms with E-state index < -0.39 is 10.0 Å². The Morgan fingerprint density at radius 2 is 2.03 bits per heavy atom. The van der Waals surface area contributed by atoms with Gasteiger partial charge in [-0.05, 0) is 12.8 Å². The minimum Gasteiger partial charge on any atom is -0.383 e. The van der Waals surface area contributed by atoms with Crippen molar-refractivity contribution in [1.82, 2.24) is 29.4 Å². The number of sulfonamides is 1. The molecule has 1 fully saturated rings. The number of hydrogen-bond acceptors (Lipinski definition) is 8. The number of piperidine rings is 1. The zero-order valence-corrected chi connectivity index (χ0v) is 17.5. The van der Waals surface area contributed by atoms with Gasteiger partial charge in [-0.2, -0.15) is 5.10 Å². The molecule has 1 aliphatic rings. The minimum absolute atomic E-state index is 0.0499. The van der Waals surface area contributed by atoms with Crippen molar-refractivity contribution in [3.05, 3.63) is 12.5 Å². The number of amides is 1. The summed E-state index contributed by atoms with van der Waals surface area (Å²) in [6, 6.07) is 0. The van der Waals surface area contributed by atoms with E-state index in [1.807, 2.05) is 0 Å². The van der Waals surface area contributed by atoms with E-state index in [4.69, 9.17) is 4.74 Å². The van der Waals surface area contributed by atoms with Crippen molar-refractivity contribution in [1.29, 1.82) is 0 Å². The monoisotopic (exact) mass is 425 g/mol. The van der Waals surface area contributed by atoms with Crippen LogP contribution in [0.3, 0.4) is 0 Å². The molecule has 160 valence electrons. The van der Waals surface area contributed by atoms with Gasteiger partial charge in [0, 0.05) is 39.2 Å².